The third kappa shape index (κ3) is 4.90. The Hall–Kier alpha value is -1.76. The van der Waals surface area contributed by atoms with Gasteiger partial charge < -0.3 is 5.73 Å². The van der Waals surface area contributed by atoms with Crippen LogP contribution < -0.4 is 5.73 Å². The summed E-state index contributed by atoms with van der Waals surface area (Å²) in [6.45, 7) is 4.61. The van der Waals surface area contributed by atoms with Crippen LogP contribution in [0.4, 0.5) is 5.69 Å². The Morgan fingerprint density at radius 3 is 2.23 bits per heavy atom. The van der Waals surface area contributed by atoms with Crippen LogP contribution in [-0.2, 0) is 12.8 Å². The van der Waals surface area contributed by atoms with Crippen molar-refractivity contribution in [2.45, 2.75) is 77.6 Å². The van der Waals surface area contributed by atoms with E-state index in [0.29, 0.717) is 0 Å². The Morgan fingerprint density at radius 2 is 1.58 bits per heavy atom. The monoisotopic (exact) mass is 349 g/mol. The summed E-state index contributed by atoms with van der Waals surface area (Å²) in [5.41, 5.74) is 12.7. The molecule has 0 aliphatic heterocycles. The molecular formula is C25H35N. The number of hydrogen-bond acceptors (Lipinski definition) is 1. The zero-order chi connectivity index (χ0) is 18.4. The van der Waals surface area contributed by atoms with Crippen LogP contribution in [0.5, 0.6) is 0 Å². The molecular weight excluding hydrogens is 314 g/mol. The molecule has 1 saturated carbocycles. The smallest absolute Gasteiger partial charge is 0.0314 e. The molecule has 0 heterocycles. The van der Waals surface area contributed by atoms with E-state index >= 15 is 0 Å². The Balaban J connectivity index is 1.73. The van der Waals surface area contributed by atoms with Gasteiger partial charge in [0.25, 0.3) is 0 Å². The molecule has 140 valence electrons. The quantitative estimate of drug-likeness (QED) is 0.541. The molecule has 0 unspecified atom stereocenters. The minimum Gasteiger partial charge on any atom is -0.399 e. The lowest BCUT2D eigenvalue weighted by atomic mass is 9.76. The van der Waals surface area contributed by atoms with E-state index in [9.17, 15) is 0 Å². The maximum absolute atomic E-state index is 5.83. The van der Waals surface area contributed by atoms with Gasteiger partial charge in [0, 0.05) is 5.69 Å². The molecule has 1 aliphatic carbocycles. The molecule has 0 aromatic heterocycles. The van der Waals surface area contributed by atoms with E-state index in [4.69, 9.17) is 5.73 Å². The number of nitrogen functional groups attached to an aromatic ring is 1. The first-order valence-electron chi connectivity index (χ1n) is 10.7. The van der Waals surface area contributed by atoms with Crippen LogP contribution in [0.3, 0.4) is 0 Å². The molecule has 26 heavy (non-hydrogen) atoms. The van der Waals surface area contributed by atoms with Crippen molar-refractivity contribution in [3.63, 3.8) is 0 Å². The number of nitrogens with two attached hydrogens (primary N) is 1. The van der Waals surface area contributed by atoms with E-state index in [-0.39, 0.29) is 0 Å². The van der Waals surface area contributed by atoms with Crippen molar-refractivity contribution in [1.29, 1.82) is 0 Å². The van der Waals surface area contributed by atoms with E-state index in [1.807, 2.05) is 12.1 Å². The largest absolute Gasteiger partial charge is 0.399 e. The predicted molar refractivity (Wildman–Crippen MR) is 114 cm³/mol. The lowest BCUT2D eigenvalue weighted by Crippen LogP contribution is -2.13. The molecule has 1 heteroatoms. The minimum atomic E-state index is 0.782. The minimum absolute atomic E-state index is 0.782. The summed E-state index contributed by atoms with van der Waals surface area (Å²) < 4.78 is 0. The first kappa shape index (κ1) is 19.0. The van der Waals surface area contributed by atoms with E-state index in [1.165, 1.54) is 62.5 Å². The fraction of sp³-hybridized carbons (Fsp3) is 0.520. The number of rotatable bonds is 7. The van der Waals surface area contributed by atoms with Crippen LogP contribution >= 0.6 is 0 Å². The molecule has 3 rings (SSSR count). The normalized spacial score (nSPS) is 20.2. The van der Waals surface area contributed by atoms with Gasteiger partial charge in [-0.05, 0) is 84.7 Å². The lowest BCUT2D eigenvalue weighted by molar-refractivity contribution is 0.308. The topological polar surface area (TPSA) is 26.0 Å². The van der Waals surface area contributed by atoms with E-state index in [0.717, 1.165) is 23.9 Å². The molecule has 0 bridgehead atoms. The van der Waals surface area contributed by atoms with Gasteiger partial charge in [-0.25, -0.2) is 0 Å². The second-order valence-corrected chi connectivity index (χ2v) is 8.20. The van der Waals surface area contributed by atoms with Gasteiger partial charge in [0.05, 0.1) is 0 Å². The fourth-order valence-corrected chi connectivity index (χ4v) is 4.62. The van der Waals surface area contributed by atoms with Crippen molar-refractivity contribution in [1.82, 2.24) is 0 Å². The lowest BCUT2D eigenvalue weighted by Gasteiger charge is -2.29. The van der Waals surface area contributed by atoms with Gasteiger partial charge >= 0.3 is 0 Å². The zero-order valence-corrected chi connectivity index (χ0v) is 16.6. The van der Waals surface area contributed by atoms with Gasteiger partial charge in [0.15, 0.2) is 0 Å². The van der Waals surface area contributed by atoms with E-state index < -0.39 is 0 Å². The second kappa shape index (κ2) is 9.26. The highest BCUT2D eigenvalue weighted by Crippen LogP contribution is 2.38. The highest BCUT2D eigenvalue weighted by atomic mass is 14.5. The Labute approximate surface area is 160 Å². The summed E-state index contributed by atoms with van der Waals surface area (Å²) in [4.78, 5) is 0. The van der Waals surface area contributed by atoms with Crippen LogP contribution in [0.1, 0.15) is 87.0 Å². The van der Waals surface area contributed by atoms with Crippen LogP contribution in [0.2, 0.25) is 0 Å². The highest BCUT2D eigenvalue weighted by Gasteiger charge is 2.22. The van der Waals surface area contributed by atoms with Crippen molar-refractivity contribution in [2.75, 3.05) is 5.73 Å². The van der Waals surface area contributed by atoms with Gasteiger partial charge in [-0.3, -0.25) is 0 Å². The third-order valence-electron chi connectivity index (χ3n) is 6.14. The highest BCUT2D eigenvalue weighted by molar-refractivity contribution is 5.42. The molecule has 1 nitrogen and oxygen atoms in total. The molecule has 2 aromatic carbocycles. The number of anilines is 1. The number of benzene rings is 2. The van der Waals surface area contributed by atoms with Crippen molar-refractivity contribution in [2.24, 2.45) is 5.92 Å². The van der Waals surface area contributed by atoms with Crippen LogP contribution in [0, 0.1) is 5.92 Å². The molecule has 0 radical (unpaired) electrons. The predicted octanol–water partition coefficient (Wildman–Crippen LogP) is 6.89. The molecule has 0 spiro atoms. The number of hydrogen-bond donors (Lipinski definition) is 1. The SMILES string of the molecule is CCCc1cc(C2CCC(CCC)CC2)ccc1Cc1ccc(N)cc1. The summed E-state index contributed by atoms with van der Waals surface area (Å²) >= 11 is 0. The van der Waals surface area contributed by atoms with Crippen LogP contribution in [-0.4, -0.2) is 0 Å². The standard InChI is InChI=1S/C25H35N/c1-3-5-19-7-11-21(12-8-19)24-14-13-23(22(18-24)6-4-2)17-20-9-15-25(26)16-10-20/h9-10,13-16,18-19,21H,3-8,11-12,17,26H2,1-2H3. The molecule has 0 saturated heterocycles. The van der Waals surface area contributed by atoms with Gasteiger partial charge in [-0.1, -0.05) is 63.4 Å². The maximum Gasteiger partial charge on any atom is 0.0314 e. The third-order valence-corrected chi connectivity index (χ3v) is 6.14. The average molecular weight is 350 g/mol. The molecule has 0 amide bonds. The van der Waals surface area contributed by atoms with Crippen LogP contribution in [0.25, 0.3) is 0 Å². The summed E-state index contributed by atoms with van der Waals surface area (Å²) in [5, 5.41) is 0. The average Bonchev–Trinajstić information content (AvgIpc) is 2.66. The molecule has 0 atom stereocenters. The van der Waals surface area contributed by atoms with Gasteiger partial charge in [0.1, 0.15) is 0 Å². The van der Waals surface area contributed by atoms with Crippen molar-refractivity contribution in [3.05, 3.63) is 64.7 Å². The Kier molecular flexibility index (Phi) is 6.77. The summed E-state index contributed by atoms with van der Waals surface area (Å²) in [5.74, 6) is 1.76. The fourth-order valence-electron chi connectivity index (χ4n) is 4.62. The van der Waals surface area contributed by atoms with Gasteiger partial charge in [0.2, 0.25) is 0 Å². The second-order valence-electron chi connectivity index (χ2n) is 8.20. The Morgan fingerprint density at radius 1 is 0.846 bits per heavy atom. The Bertz CT molecular complexity index is 678. The first-order valence-corrected chi connectivity index (χ1v) is 10.7. The summed E-state index contributed by atoms with van der Waals surface area (Å²) in [7, 11) is 0. The van der Waals surface area contributed by atoms with Gasteiger partial charge in [-0.15, -0.1) is 0 Å². The first-order chi connectivity index (χ1) is 12.7. The zero-order valence-electron chi connectivity index (χ0n) is 16.6. The van der Waals surface area contributed by atoms with E-state index in [1.54, 1.807) is 11.1 Å². The van der Waals surface area contributed by atoms with Crippen LogP contribution in [0.15, 0.2) is 42.5 Å². The molecule has 2 aromatic rings. The summed E-state index contributed by atoms with van der Waals surface area (Å²) in [6, 6.07) is 15.7. The van der Waals surface area contributed by atoms with Gasteiger partial charge in [-0.2, -0.15) is 0 Å². The van der Waals surface area contributed by atoms with Crippen molar-refractivity contribution < 1.29 is 0 Å². The summed E-state index contributed by atoms with van der Waals surface area (Å²) in [6.07, 6.45) is 11.8. The van der Waals surface area contributed by atoms with Crippen molar-refractivity contribution in [3.8, 4) is 0 Å². The van der Waals surface area contributed by atoms with Crippen molar-refractivity contribution >= 4 is 5.69 Å². The van der Waals surface area contributed by atoms with E-state index in [2.05, 4.69) is 44.2 Å². The molecule has 1 aliphatic rings. The maximum atomic E-state index is 5.83. The molecule has 1 fully saturated rings. The number of aryl methyl sites for hydroxylation is 1. The molecule has 2 N–H and O–H groups in total.